The third-order valence-electron chi connectivity index (χ3n) is 5.69. The minimum Gasteiger partial charge on any atom is -0.337 e. The van der Waals surface area contributed by atoms with Gasteiger partial charge in [0.2, 0.25) is 11.9 Å². The van der Waals surface area contributed by atoms with Crippen LogP contribution in [-0.4, -0.2) is 77.9 Å². The van der Waals surface area contributed by atoms with E-state index in [0.29, 0.717) is 0 Å². The van der Waals surface area contributed by atoms with Crippen LogP contribution in [0.2, 0.25) is 6.32 Å². The molecule has 2 aliphatic rings. The summed E-state index contributed by atoms with van der Waals surface area (Å²) in [6.45, 7) is 5.50. The molecule has 29 heavy (non-hydrogen) atoms. The average Bonchev–Trinajstić information content (AvgIpc) is 2.73. The number of anilines is 2. The lowest BCUT2D eigenvalue weighted by atomic mass is 9.43. The second kappa shape index (κ2) is 8.33. The summed E-state index contributed by atoms with van der Waals surface area (Å²) in [7, 11) is 4.18. The molecular weight excluding hydrogens is 363 g/mol. The highest BCUT2D eigenvalue weighted by atomic mass is 15.4. The second-order valence-electron chi connectivity index (χ2n) is 8.33. The minimum atomic E-state index is 0.0967. The number of aromatic nitrogens is 4. The first kappa shape index (κ1) is 19.6. The van der Waals surface area contributed by atoms with Gasteiger partial charge in [0.1, 0.15) is 0 Å². The first-order valence-corrected chi connectivity index (χ1v) is 10.2. The smallest absolute Gasteiger partial charge is 0.272 e. The van der Waals surface area contributed by atoms with E-state index in [4.69, 9.17) is 4.98 Å². The molecule has 0 spiro atoms. The van der Waals surface area contributed by atoms with Crippen molar-refractivity contribution in [3.63, 3.8) is 0 Å². The second-order valence-corrected chi connectivity index (χ2v) is 8.33. The van der Waals surface area contributed by atoms with Crippen LogP contribution in [0.15, 0.2) is 18.6 Å². The number of hydrogen-bond donors (Lipinski definition) is 0. The maximum Gasteiger partial charge on any atom is 0.272 e. The van der Waals surface area contributed by atoms with Gasteiger partial charge in [-0.05, 0) is 44.9 Å². The van der Waals surface area contributed by atoms with E-state index < -0.39 is 0 Å². The Hall–Kier alpha value is -2.73. The highest BCUT2D eigenvalue weighted by Gasteiger charge is 2.31. The molecule has 2 aliphatic heterocycles. The normalized spacial score (nSPS) is 19.3. The van der Waals surface area contributed by atoms with Crippen LogP contribution in [0.1, 0.15) is 16.8 Å². The molecule has 2 aromatic heterocycles. The van der Waals surface area contributed by atoms with Gasteiger partial charge in [0.05, 0.1) is 6.04 Å². The van der Waals surface area contributed by atoms with Crippen molar-refractivity contribution in [2.75, 3.05) is 50.1 Å². The molecule has 2 aromatic rings. The van der Waals surface area contributed by atoms with Crippen LogP contribution in [0.5, 0.6) is 0 Å². The SMILES string of the molecule is Cc1cnc(N2CCN(c3ncc4c(n3)CCB(C#N)C4)CC2CN(C)C)nc1. The van der Waals surface area contributed by atoms with Gasteiger partial charge < -0.3 is 14.7 Å². The van der Waals surface area contributed by atoms with E-state index >= 15 is 0 Å². The Kier molecular flexibility index (Phi) is 5.63. The zero-order chi connectivity index (χ0) is 20.4. The van der Waals surface area contributed by atoms with E-state index in [2.05, 4.69) is 49.7 Å². The summed E-state index contributed by atoms with van der Waals surface area (Å²) in [6.07, 6.45) is 8.21. The van der Waals surface area contributed by atoms with E-state index in [0.717, 1.165) is 74.0 Å². The lowest BCUT2D eigenvalue weighted by Crippen LogP contribution is -2.57. The van der Waals surface area contributed by atoms with Crippen molar-refractivity contribution in [3.8, 4) is 5.97 Å². The van der Waals surface area contributed by atoms with Crippen LogP contribution in [-0.2, 0) is 12.7 Å². The van der Waals surface area contributed by atoms with Gasteiger partial charge in [-0.25, -0.2) is 25.2 Å². The molecule has 4 heterocycles. The van der Waals surface area contributed by atoms with Crippen molar-refractivity contribution in [3.05, 3.63) is 35.4 Å². The largest absolute Gasteiger partial charge is 0.337 e. The van der Waals surface area contributed by atoms with Gasteiger partial charge in [-0.1, -0.05) is 6.32 Å². The fraction of sp³-hybridized carbons (Fsp3) is 0.550. The summed E-state index contributed by atoms with van der Waals surface area (Å²) in [5.74, 6) is 3.97. The molecule has 0 aliphatic carbocycles. The molecule has 1 atom stereocenters. The third-order valence-corrected chi connectivity index (χ3v) is 5.69. The van der Waals surface area contributed by atoms with E-state index in [1.807, 2.05) is 25.5 Å². The number of hydrogen-bond acceptors (Lipinski definition) is 8. The Morgan fingerprint density at radius 1 is 1.17 bits per heavy atom. The standard InChI is InChI=1S/C20H27BN8/c1-15-9-23-19(24-10-15)29-7-6-28(13-17(29)12-27(2)3)20-25-11-16-8-21(14-22)5-4-18(16)26-20/h9-11,17H,4-8,12-13H2,1-3H3. The van der Waals surface area contributed by atoms with Crippen LogP contribution in [0.4, 0.5) is 11.9 Å². The fourth-order valence-corrected chi connectivity index (χ4v) is 4.17. The summed E-state index contributed by atoms with van der Waals surface area (Å²) >= 11 is 0. The number of rotatable bonds is 4. The lowest BCUT2D eigenvalue weighted by Gasteiger charge is -2.42. The molecule has 1 saturated heterocycles. The van der Waals surface area contributed by atoms with Crippen LogP contribution < -0.4 is 9.80 Å². The fourth-order valence-electron chi connectivity index (χ4n) is 4.17. The van der Waals surface area contributed by atoms with E-state index in [9.17, 15) is 5.26 Å². The summed E-state index contributed by atoms with van der Waals surface area (Å²) in [6, 6.07) is 0.254. The summed E-state index contributed by atoms with van der Waals surface area (Å²) in [5.41, 5.74) is 3.30. The number of nitrogens with zero attached hydrogens (tertiary/aromatic N) is 8. The van der Waals surface area contributed by atoms with Crippen molar-refractivity contribution in [1.29, 1.82) is 5.26 Å². The molecular formula is C20H27BN8. The van der Waals surface area contributed by atoms with E-state index in [1.165, 1.54) is 0 Å². The van der Waals surface area contributed by atoms with Gasteiger partial charge in [-0.15, -0.1) is 0 Å². The molecule has 1 unspecified atom stereocenters. The third kappa shape index (κ3) is 4.32. The van der Waals surface area contributed by atoms with Crippen LogP contribution in [0.25, 0.3) is 0 Å². The molecule has 4 rings (SSSR count). The number of likely N-dealkylation sites (N-methyl/N-ethyl adjacent to an activating group) is 1. The molecule has 0 bridgehead atoms. The summed E-state index contributed by atoms with van der Waals surface area (Å²) in [4.78, 5) is 25.4. The molecule has 0 radical (unpaired) electrons. The number of nitriles is 1. The Morgan fingerprint density at radius 3 is 2.66 bits per heavy atom. The zero-order valence-electron chi connectivity index (χ0n) is 17.4. The van der Waals surface area contributed by atoms with Gasteiger partial charge in [0.25, 0.3) is 6.71 Å². The molecule has 0 N–H and O–H groups in total. The summed E-state index contributed by atoms with van der Waals surface area (Å²) in [5, 5.41) is 9.19. The maximum absolute atomic E-state index is 9.19. The van der Waals surface area contributed by atoms with Crippen LogP contribution in [0.3, 0.4) is 0 Å². The van der Waals surface area contributed by atoms with Crippen LogP contribution >= 0.6 is 0 Å². The predicted octanol–water partition coefficient (Wildman–Crippen LogP) is 1.03. The number of fused-ring (bicyclic) bond motifs is 1. The first-order valence-electron chi connectivity index (χ1n) is 10.2. The lowest BCUT2D eigenvalue weighted by molar-refractivity contribution is 0.345. The topological polar surface area (TPSA) is 85.1 Å². The van der Waals surface area contributed by atoms with Crippen LogP contribution in [0, 0.1) is 18.2 Å². The molecule has 8 nitrogen and oxygen atoms in total. The highest BCUT2D eigenvalue weighted by Crippen LogP contribution is 2.24. The minimum absolute atomic E-state index is 0.0967. The van der Waals surface area contributed by atoms with Gasteiger partial charge in [0.15, 0.2) is 0 Å². The molecule has 0 amide bonds. The van der Waals surface area contributed by atoms with Crippen molar-refractivity contribution in [2.24, 2.45) is 0 Å². The first-order chi connectivity index (χ1) is 14.0. The predicted molar refractivity (Wildman–Crippen MR) is 114 cm³/mol. The Labute approximate surface area is 172 Å². The maximum atomic E-state index is 9.19. The van der Waals surface area contributed by atoms with Crippen molar-refractivity contribution < 1.29 is 0 Å². The van der Waals surface area contributed by atoms with E-state index in [1.54, 1.807) is 0 Å². The number of piperazine rings is 1. The van der Waals surface area contributed by atoms with Gasteiger partial charge in [0, 0.05) is 56.4 Å². The van der Waals surface area contributed by atoms with Crippen molar-refractivity contribution >= 4 is 18.6 Å². The quantitative estimate of drug-likeness (QED) is 0.716. The molecule has 0 aromatic carbocycles. The molecule has 150 valence electrons. The van der Waals surface area contributed by atoms with Gasteiger partial charge >= 0.3 is 0 Å². The highest BCUT2D eigenvalue weighted by molar-refractivity contribution is 6.66. The molecule has 1 fully saturated rings. The van der Waals surface area contributed by atoms with Crippen molar-refractivity contribution in [2.45, 2.75) is 32.0 Å². The van der Waals surface area contributed by atoms with E-state index in [-0.39, 0.29) is 12.8 Å². The summed E-state index contributed by atoms with van der Waals surface area (Å²) < 4.78 is 0. The molecule has 0 saturated carbocycles. The Morgan fingerprint density at radius 2 is 1.93 bits per heavy atom. The Bertz CT molecular complexity index is 894. The van der Waals surface area contributed by atoms with Gasteiger partial charge in [-0.3, -0.25) is 0 Å². The van der Waals surface area contributed by atoms with Crippen molar-refractivity contribution in [1.82, 2.24) is 24.8 Å². The monoisotopic (exact) mass is 390 g/mol. The Balaban J connectivity index is 1.53. The zero-order valence-corrected chi connectivity index (χ0v) is 17.4. The molecule has 9 heteroatoms. The number of aryl methyl sites for hydroxylation is 2. The average molecular weight is 390 g/mol. The van der Waals surface area contributed by atoms with Gasteiger partial charge in [-0.2, -0.15) is 0 Å².